The first-order valence-electron chi connectivity index (χ1n) is 7.89. The van der Waals surface area contributed by atoms with Crippen molar-refractivity contribution >= 4 is 11.8 Å². The quantitative estimate of drug-likeness (QED) is 0.851. The van der Waals surface area contributed by atoms with E-state index in [1.54, 1.807) is 4.90 Å². The molecule has 1 aliphatic carbocycles. The van der Waals surface area contributed by atoms with E-state index >= 15 is 0 Å². The van der Waals surface area contributed by atoms with Crippen LogP contribution in [-0.2, 0) is 9.59 Å². The van der Waals surface area contributed by atoms with Crippen molar-refractivity contribution in [1.82, 2.24) is 20.4 Å². The maximum atomic E-state index is 12.5. The van der Waals surface area contributed by atoms with Gasteiger partial charge in [-0.15, -0.1) is 0 Å². The summed E-state index contributed by atoms with van der Waals surface area (Å²) < 4.78 is 4.78. The molecule has 22 heavy (non-hydrogen) atoms. The van der Waals surface area contributed by atoms with Crippen LogP contribution in [-0.4, -0.2) is 39.9 Å². The topological polar surface area (TPSA) is 88.3 Å². The molecule has 0 radical (unpaired) electrons. The van der Waals surface area contributed by atoms with E-state index in [2.05, 4.69) is 29.3 Å². The van der Waals surface area contributed by atoms with Crippen molar-refractivity contribution in [3.8, 4) is 0 Å². The number of amides is 2. The lowest BCUT2D eigenvalue weighted by Gasteiger charge is -2.20. The summed E-state index contributed by atoms with van der Waals surface area (Å²) in [6, 6.07) is -0.194. The highest BCUT2D eigenvalue weighted by atomic mass is 16.5. The van der Waals surface area contributed by atoms with Crippen LogP contribution < -0.4 is 5.32 Å². The SMILES string of the molecule is CC(C)CN1CC(C(=O)NC(c2ncon2)C2CC2)CC1=O. The van der Waals surface area contributed by atoms with Crippen LogP contribution in [0, 0.1) is 17.8 Å². The molecule has 2 aliphatic rings. The van der Waals surface area contributed by atoms with Crippen molar-refractivity contribution in [3.63, 3.8) is 0 Å². The molecule has 120 valence electrons. The van der Waals surface area contributed by atoms with Crippen LogP contribution >= 0.6 is 0 Å². The van der Waals surface area contributed by atoms with Gasteiger partial charge in [-0.3, -0.25) is 9.59 Å². The second-order valence-corrected chi connectivity index (χ2v) is 6.71. The number of nitrogens with one attached hydrogen (secondary N) is 1. The molecular formula is C15H22N4O3. The van der Waals surface area contributed by atoms with Crippen LogP contribution in [0.2, 0.25) is 0 Å². The summed E-state index contributed by atoms with van der Waals surface area (Å²) in [5.41, 5.74) is 0. The number of aromatic nitrogens is 2. The van der Waals surface area contributed by atoms with Crippen molar-refractivity contribution in [2.24, 2.45) is 17.8 Å². The predicted octanol–water partition coefficient (Wildman–Crippen LogP) is 1.14. The minimum atomic E-state index is -0.278. The van der Waals surface area contributed by atoms with Crippen molar-refractivity contribution in [3.05, 3.63) is 12.2 Å². The smallest absolute Gasteiger partial charge is 0.226 e. The Balaban J connectivity index is 1.61. The molecule has 2 heterocycles. The van der Waals surface area contributed by atoms with Crippen molar-refractivity contribution in [2.45, 2.75) is 39.2 Å². The van der Waals surface area contributed by atoms with Gasteiger partial charge in [-0.1, -0.05) is 19.0 Å². The van der Waals surface area contributed by atoms with Gasteiger partial charge in [0.15, 0.2) is 5.82 Å². The molecule has 0 bridgehead atoms. The Morgan fingerprint density at radius 2 is 2.27 bits per heavy atom. The highest BCUT2D eigenvalue weighted by Gasteiger charge is 2.40. The molecule has 1 aliphatic heterocycles. The molecule has 0 aromatic carbocycles. The first-order chi connectivity index (χ1) is 10.5. The molecule has 7 nitrogen and oxygen atoms in total. The Bertz CT molecular complexity index is 539. The Kier molecular flexibility index (Phi) is 4.13. The average Bonchev–Trinajstić information content (AvgIpc) is 3.03. The second kappa shape index (κ2) is 6.06. The van der Waals surface area contributed by atoms with Crippen LogP contribution in [0.4, 0.5) is 0 Å². The zero-order valence-electron chi connectivity index (χ0n) is 13.0. The number of carbonyl (C=O) groups excluding carboxylic acids is 2. The normalized spacial score (nSPS) is 23.1. The molecule has 0 spiro atoms. The molecule has 2 fully saturated rings. The Morgan fingerprint density at radius 3 is 2.86 bits per heavy atom. The van der Waals surface area contributed by atoms with Gasteiger partial charge in [0.05, 0.1) is 12.0 Å². The number of rotatable bonds is 6. The van der Waals surface area contributed by atoms with Gasteiger partial charge < -0.3 is 14.7 Å². The molecule has 2 unspecified atom stereocenters. The van der Waals surface area contributed by atoms with E-state index in [1.807, 2.05) is 0 Å². The van der Waals surface area contributed by atoms with Gasteiger partial charge in [0.2, 0.25) is 18.2 Å². The number of hydrogen-bond acceptors (Lipinski definition) is 5. The molecule has 1 saturated carbocycles. The lowest BCUT2D eigenvalue weighted by molar-refractivity contribution is -0.129. The minimum absolute atomic E-state index is 0.0661. The second-order valence-electron chi connectivity index (χ2n) is 6.71. The van der Waals surface area contributed by atoms with E-state index in [1.165, 1.54) is 6.39 Å². The van der Waals surface area contributed by atoms with Gasteiger partial charge in [0.1, 0.15) is 0 Å². The summed E-state index contributed by atoms with van der Waals surface area (Å²) in [6.07, 6.45) is 3.69. The fraction of sp³-hybridized carbons (Fsp3) is 0.733. The van der Waals surface area contributed by atoms with Gasteiger partial charge in [0.25, 0.3) is 0 Å². The Hall–Kier alpha value is -1.92. The Morgan fingerprint density at radius 1 is 1.50 bits per heavy atom. The van der Waals surface area contributed by atoms with Crippen molar-refractivity contribution in [1.29, 1.82) is 0 Å². The summed E-state index contributed by atoms with van der Waals surface area (Å²) in [5, 5.41) is 6.86. The molecule has 1 saturated heterocycles. The van der Waals surface area contributed by atoms with Gasteiger partial charge in [-0.05, 0) is 24.7 Å². The lowest BCUT2D eigenvalue weighted by Crippen LogP contribution is -2.37. The maximum Gasteiger partial charge on any atom is 0.226 e. The highest BCUT2D eigenvalue weighted by molar-refractivity contribution is 5.89. The van der Waals surface area contributed by atoms with Gasteiger partial charge in [-0.2, -0.15) is 4.98 Å². The van der Waals surface area contributed by atoms with Gasteiger partial charge >= 0.3 is 0 Å². The monoisotopic (exact) mass is 306 g/mol. The summed E-state index contributed by atoms with van der Waals surface area (Å²) in [4.78, 5) is 30.3. The zero-order chi connectivity index (χ0) is 15.7. The predicted molar refractivity (Wildman–Crippen MR) is 77.4 cm³/mol. The number of carbonyl (C=O) groups is 2. The van der Waals surface area contributed by atoms with Gasteiger partial charge in [0, 0.05) is 19.5 Å². The first kappa shape index (κ1) is 15.0. The molecule has 1 aromatic rings. The van der Waals surface area contributed by atoms with Crippen LogP contribution in [0.1, 0.15) is 45.0 Å². The molecular weight excluding hydrogens is 284 g/mol. The lowest BCUT2D eigenvalue weighted by atomic mass is 10.1. The Labute approximate surface area is 129 Å². The molecule has 7 heteroatoms. The third-order valence-electron chi connectivity index (χ3n) is 4.22. The molecule has 2 amide bonds. The number of likely N-dealkylation sites (tertiary alicyclic amines) is 1. The van der Waals surface area contributed by atoms with Crippen LogP contribution in [0.3, 0.4) is 0 Å². The summed E-state index contributed by atoms with van der Waals surface area (Å²) in [5.74, 6) is 1.02. The zero-order valence-corrected chi connectivity index (χ0v) is 13.0. The standard InChI is InChI=1S/C15H22N4O3/c1-9(2)6-19-7-11(5-12(19)20)15(21)17-13(10-3-4-10)14-16-8-22-18-14/h8-11,13H,3-7H2,1-2H3,(H,17,21). The summed E-state index contributed by atoms with van der Waals surface area (Å²) >= 11 is 0. The first-order valence-corrected chi connectivity index (χ1v) is 7.89. The summed E-state index contributed by atoms with van der Waals surface area (Å²) in [7, 11) is 0. The van der Waals surface area contributed by atoms with E-state index in [9.17, 15) is 9.59 Å². The van der Waals surface area contributed by atoms with Crippen LogP contribution in [0.5, 0.6) is 0 Å². The van der Waals surface area contributed by atoms with E-state index in [4.69, 9.17) is 4.52 Å². The molecule has 2 atom stereocenters. The number of hydrogen-bond donors (Lipinski definition) is 1. The minimum Gasteiger partial charge on any atom is -0.345 e. The van der Waals surface area contributed by atoms with Gasteiger partial charge in [-0.25, -0.2) is 0 Å². The third kappa shape index (κ3) is 3.28. The fourth-order valence-corrected chi connectivity index (χ4v) is 2.97. The molecule has 1 N–H and O–H groups in total. The number of nitrogens with zero attached hydrogens (tertiary/aromatic N) is 3. The highest BCUT2D eigenvalue weighted by Crippen LogP contribution is 2.40. The molecule has 1 aromatic heterocycles. The van der Waals surface area contributed by atoms with E-state index in [0.29, 0.717) is 37.2 Å². The molecule has 3 rings (SSSR count). The van der Waals surface area contributed by atoms with Crippen LogP contribution in [0.15, 0.2) is 10.9 Å². The van der Waals surface area contributed by atoms with Crippen molar-refractivity contribution < 1.29 is 14.1 Å². The third-order valence-corrected chi connectivity index (χ3v) is 4.22. The summed E-state index contributed by atoms with van der Waals surface area (Å²) in [6.45, 7) is 5.35. The van der Waals surface area contributed by atoms with E-state index in [-0.39, 0.29) is 23.8 Å². The van der Waals surface area contributed by atoms with E-state index in [0.717, 1.165) is 12.8 Å². The maximum absolute atomic E-state index is 12.5. The fourth-order valence-electron chi connectivity index (χ4n) is 2.97. The van der Waals surface area contributed by atoms with E-state index < -0.39 is 0 Å². The average molecular weight is 306 g/mol. The van der Waals surface area contributed by atoms with Crippen LogP contribution in [0.25, 0.3) is 0 Å². The van der Waals surface area contributed by atoms with Crippen molar-refractivity contribution in [2.75, 3.05) is 13.1 Å². The largest absolute Gasteiger partial charge is 0.345 e.